The van der Waals surface area contributed by atoms with E-state index in [2.05, 4.69) is 0 Å². The number of carbonyl (C=O) groups is 1. The van der Waals surface area contributed by atoms with Gasteiger partial charge in [0.2, 0.25) is 0 Å². The summed E-state index contributed by atoms with van der Waals surface area (Å²) in [6.07, 6.45) is -1.97. The molecule has 3 heterocycles. The minimum Gasteiger partial charge on any atom is -0.483 e. The second kappa shape index (κ2) is 8.70. The summed E-state index contributed by atoms with van der Waals surface area (Å²) in [7, 11) is 0. The van der Waals surface area contributed by atoms with Crippen LogP contribution >= 0.6 is 0 Å². The third-order valence-electron chi connectivity index (χ3n) is 5.97. The van der Waals surface area contributed by atoms with Crippen LogP contribution in [0, 0.1) is 11.3 Å². The molecule has 2 aliphatic heterocycles. The lowest BCUT2D eigenvalue weighted by Crippen LogP contribution is -2.36. The second-order valence-electron chi connectivity index (χ2n) is 8.11. The van der Waals surface area contributed by atoms with E-state index in [1.807, 2.05) is 60.7 Å². The molecule has 0 spiro atoms. The van der Waals surface area contributed by atoms with Gasteiger partial charge in [-0.05, 0) is 17.7 Å². The van der Waals surface area contributed by atoms with Crippen LogP contribution in [0.4, 0.5) is 0 Å². The van der Waals surface area contributed by atoms with Crippen LogP contribution in [-0.2, 0) is 25.5 Å². The van der Waals surface area contributed by atoms with E-state index in [0.29, 0.717) is 17.4 Å². The maximum atomic E-state index is 13.4. The Morgan fingerprint density at radius 3 is 2.45 bits per heavy atom. The van der Waals surface area contributed by atoms with Gasteiger partial charge in [-0.1, -0.05) is 42.5 Å². The van der Waals surface area contributed by atoms with Gasteiger partial charge in [-0.15, -0.1) is 0 Å². The minimum atomic E-state index is -0.546. The van der Waals surface area contributed by atoms with Crippen molar-refractivity contribution in [3.8, 4) is 11.8 Å². The van der Waals surface area contributed by atoms with Crippen LogP contribution in [0.5, 0.6) is 5.75 Å². The van der Waals surface area contributed by atoms with Crippen LogP contribution in [0.1, 0.15) is 18.1 Å². The van der Waals surface area contributed by atoms with E-state index in [1.165, 1.54) is 6.92 Å². The van der Waals surface area contributed by atoms with Gasteiger partial charge >= 0.3 is 5.97 Å². The molecule has 0 bridgehead atoms. The summed E-state index contributed by atoms with van der Waals surface area (Å²) in [6, 6.07) is 19.0. The highest BCUT2D eigenvalue weighted by atomic mass is 16.7. The predicted octanol–water partition coefficient (Wildman–Crippen LogP) is 2.40. The molecule has 33 heavy (non-hydrogen) atoms. The van der Waals surface area contributed by atoms with Crippen molar-refractivity contribution in [2.45, 2.75) is 37.9 Å². The SMILES string of the molecule is CC(=O)O[C@H]1CO[C@@H]2C(Oc3c(C#N)c(=O)n(Cc4ccccc4)c4ccccc34)CO[C@H]12. The van der Waals surface area contributed by atoms with E-state index in [1.54, 1.807) is 4.57 Å². The van der Waals surface area contributed by atoms with Crippen molar-refractivity contribution in [3.63, 3.8) is 0 Å². The van der Waals surface area contributed by atoms with Gasteiger partial charge in [-0.3, -0.25) is 9.59 Å². The second-order valence-corrected chi connectivity index (χ2v) is 8.11. The largest absolute Gasteiger partial charge is 0.483 e. The van der Waals surface area contributed by atoms with E-state index < -0.39 is 35.9 Å². The number of carbonyl (C=O) groups excluding carboxylic acids is 1. The lowest BCUT2D eigenvalue weighted by atomic mass is 10.1. The Morgan fingerprint density at radius 2 is 1.73 bits per heavy atom. The number of esters is 1. The molecule has 5 rings (SSSR count). The molecule has 3 aromatic rings. The maximum Gasteiger partial charge on any atom is 0.303 e. The summed E-state index contributed by atoms with van der Waals surface area (Å²) >= 11 is 0. The van der Waals surface area contributed by atoms with E-state index in [9.17, 15) is 14.9 Å². The number of aromatic nitrogens is 1. The van der Waals surface area contributed by atoms with E-state index >= 15 is 0 Å². The van der Waals surface area contributed by atoms with Crippen LogP contribution in [0.3, 0.4) is 0 Å². The molecule has 2 saturated heterocycles. The fourth-order valence-corrected chi connectivity index (χ4v) is 4.52. The number of ether oxygens (including phenoxy) is 4. The zero-order chi connectivity index (χ0) is 22.9. The highest BCUT2D eigenvalue weighted by molar-refractivity contribution is 5.87. The smallest absolute Gasteiger partial charge is 0.303 e. The summed E-state index contributed by atoms with van der Waals surface area (Å²) in [4.78, 5) is 24.7. The van der Waals surface area contributed by atoms with Crippen molar-refractivity contribution >= 4 is 16.9 Å². The zero-order valence-electron chi connectivity index (χ0n) is 18.0. The average molecular weight is 446 g/mol. The van der Waals surface area contributed by atoms with Gasteiger partial charge in [0, 0.05) is 12.3 Å². The van der Waals surface area contributed by atoms with Crippen molar-refractivity contribution in [3.05, 3.63) is 76.1 Å². The molecule has 1 unspecified atom stereocenters. The van der Waals surface area contributed by atoms with Crippen LogP contribution < -0.4 is 10.3 Å². The highest BCUT2D eigenvalue weighted by Gasteiger charge is 2.50. The maximum absolute atomic E-state index is 13.4. The van der Waals surface area contributed by atoms with Crippen molar-refractivity contribution in [1.29, 1.82) is 5.26 Å². The number of nitriles is 1. The first-order chi connectivity index (χ1) is 16.1. The van der Waals surface area contributed by atoms with E-state index in [-0.39, 0.29) is 24.5 Å². The lowest BCUT2D eigenvalue weighted by Gasteiger charge is -2.21. The topological polar surface area (TPSA) is 99.8 Å². The normalized spacial score (nSPS) is 23.8. The summed E-state index contributed by atoms with van der Waals surface area (Å²) in [5, 5.41) is 10.5. The molecule has 4 atom stereocenters. The molecule has 0 N–H and O–H groups in total. The molecule has 2 fully saturated rings. The fourth-order valence-electron chi connectivity index (χ4n) is 4.52. The van der Waals surface area contributed by atoms with Crippen LogP contribution in [-0.4, -0.2) is 48.2 Å². The molecule has 8 heteroatoms. The zero-order valence-corrected chi connectivity index (χ0v) is 18.0. The molecular formula is C25H22N2O6. The first-order valence-electron chi connectivity index (χ1n) is 10.7. The van der Waals surface area contributed by atoms with Crippen molar-refractivity contribution in [1.82, 2.24) is 4.57 Å². The molecule has 2 aliphatic rings. The quantitative estimate of drug-likeness (QED) is 0.555. The summed E-state index contributed by atoms with van der Waals surface area (Å²) in [5.74, 6) is -0.187. The molecule has 0 saturated carbocycles. The van der Waals surface area contributed by atoms with Crippen molar-refractivity contribution in [2.75, 3.05) is 13.2 Å². The Morgan fingerprint density at radius 1 is 1.06 bits per heavy atom. The summed E-state index contributed by atoms with van der Waals surface area (Å²) < 4.78 is 24.7. The predicted molar refractivity (Wildman–Crippen MR) is 118 cm³/mol. The summed E-state index contributed by atoms with van der Waals surface area (Å²) in [6.45, 7) is 2.07. The van der Waals surface area contributed by atoms with Gasteiger partial charge in [0.1, 0.15) is 18.3 Å². The molecule has 1 aromatic heterocycles. The summed E-state index contributed by atoms with van der Waals surface area (Å²) in [5.41, 5.74) is 1.13. The first kappa shape index (κ1) is 21.2. The average Bonchev–Trinajstić information content (AvgIpc) is 3.40. The number of rotatable bonds is 5. The van der Waals surface area contributed by atoms with Gasteiger partial charge in [0.25, 0.3) is 5.56 Å². The minimum absolute atomic E-state index is 0.0670. The molecule has 168 valence electrons. The van der Waals surface area contributed by atoms with Gasteiger partial charge in [0.05, 0.1) is 25.3 Å². The van der Waals surface area contributed by atoms with Crippen molar-refractivity contribution in [2.24, 2.45) is 0 Å². The van der Waals surface area contributed by atoms with Crippen LogP contribution in [0.15, 0.2) is 59.4 Å². The Labute approximate surface area is 189 Å². The van der Waals surface area contributed by atoms with Gasteiger partial charge in [-0.2, -0.15) is 5.26 Å². The third kappa shape index (κ3) is 3.86. The number of para-hydroxylation sites is 1. The Bertz CT molecular complexity index is 1300. The number of hydrogen-bond acceptors (Lipinski definition) is 7. The van der Waals surface area contributed by atoms with Crippen LogP contribution in [0.2, 0.25) is 0 Å². The first-order valence-corrected chi connectivity index (χ1v) is 10.7. The third-order valence-corrected chi connectivity index (χ3v) is 5.97. The fraction of sp³-hybridized carbons (Fsp3) is 0.320. The van der Waals surface area contributed by atoms with Gasteiger partial charge in [0.15, 0.2) is 23.5 Å². The van der Waals surface area contributed by atoms with E-state index in [0.717, 1.165) is 5.56 Å². The number of fused-ring (bicyclic) bond motifs is 2. The number of hydrogen-bond donors (Lipinski definition) is 0. The Kier molecular flexibility index (Phi) is 5.58. The number of benzene rings is 2. The van der Waals surface area contributed by atoms with Gasteiger partial charge in [-0.25, -0.2) is 0 Å². The molecular weight excluding hydrogens is 424 g/mol. The van der Waals surface area contributed by atoms with E-state index in [4.69, 9.17) is 18.9 Å². The number of nitrogens with zero attached hydrogens (tertiary/aromatic N) is 2. The van der Waals surface area contributed by atoms with Crippen LogP contribution in [0.25, 0.3) is 10.9 Å². The molecule has 2 aromatic carbocycles. The van der Waals surface area contributed by atoms with Crippen molar-refractivity contribution < 1.29 is 23.7 Å². The molecule has 0 aliphatic carbocycles. The standard InChI is InChI=1S/C25H22N2O6/c1-15(28)32-20-13-30-24-21(14-31-23(20)24)33-22-17-9-5-6-10-19(17)27(25(29)18(22)11-26)12-16-7-3-2-4-8-16/h2-10,20-21,23-24H,12-14H2,1H3/t20-,21?,23+,24+/m0/s1. The molecule has 0 radical (unpaired) electrons. The van der Waals surface area contributed by atoms with Gasteiger partial charge < -0.3 is 23.5 Å². The monoisotopic (exact) mass is 446 g/mol. The number of pyridine rings is 1. The molecule has 0 amide bonds. The highest BCUT2D eigenvalue weighted by Crippen LogP contribution is 2.35. The molecule has 8 nitrogen and oxygen atoms in total. The Balaban J connectivity index is 1.52. The Hall–Kier alpha value is -3.67. The lowest BCUT2D eigenvalue weighted by molar-refractivity contribution is -0.150.